The number of para-hydroxylation sites is 1. The van der Waals surface area contributed by atoms with Crippen molar-refractivity contribution in [2.24, 2.45) is 5.92 Å². The van der Waals surface area contributed by atoms with Crippen molar-refractivity contribution >= 4 is 23.0 Å². The molecule has 6 rings (SSSR count). The molecule has 4 aromatic rings. The minimum Gasteiger partial charge on any atom is -0.481 e. The second-order valence-corrected chi connectivity index (χ2v) is 9.25. The standard InChI is InChI=1S/C26H26N6O2/c27-24-23-22(20-13-18-7-4-8-19(21(18)30-20)15-5-2-1-3-6-15)31-25(32(23)29-14-28-24)16-9-11-17(12-10-16)26(33)34/h1-8,14,16-17,20,30H,9-13H2,(H,33,34)(H2,27,28,29)/t16-,17-,20?. The number of carbonyl (C=O) groups is 1. The predicted octanol–water partition coefficient (Wildman–Crippen LogP) is 4.44. The third-order valence-corrected chi connectivity index (χ3v) is 7.26. The van der Waals surface area contributed by atoms with Crippen molar-refractivity contribution < 1.29 is 9.90 Å². The highest BCUT2D eigenvalue weighted by molar-refractivity contribution is 5.83. The quantitative estimate of drug-likeness (QED) is 0.417. The van der Waals surface area contributed by atoms with Gasteiger partial charge in [-0.1, -0.05) is 48.5 Å². The number of fused-ring (bicyclic) bond motifs is 2. The van der Waals surface area contributed by atoms with Crippen LogP contribution in [0, 0.1) is 5.92 Å². The molecule has 8 nitrogen and oxygen atoms in total. The van der Waals surface area contributed by atoms with E-state index in [4.69, 9.17) is 10.7 Å². The van der Waals surface area contributed by atoms with Crippen molar-refractivity contribution in [3.63, 3.8) is 0 Å². The molecular weight excluding hydrogens is 428 g/mol. The average molecular weight is 455 g/mol. The maximum absolute atomic E-state index is 11.4. The minimum atomic E-state index is -0.708. The molecule has 4 N–H and O–H groups in total. The lowest BCUT2D eigenvalue weighted by molar-refractivity contribution is -0.142. The zero-order chi connectivity index (χ0) is 23.2. The Labute approximate surface area is 196 Å². The Bertz CT molecular complexity index is 1380. The molecule has 1 atom stereocenters. The van der Waals surface area contributed by atoms with Gasteiger partial charge in [0.1, 0.15) is 17.7 Å². The van der Waals surface area contributed by atoms with Gasteiger partial charge in [0.25, 0.3) is 0 Å². The van der Waals surface area contributed by atoms with Crippen LogP contribution in [0.25, 0.3) is 16.6 Å². The summed E-state index contributed by atoms with van der Waals surface area (Å²) in [5.74, 6) is 0.424. The number of rotatable bonds is 4. The number of nitrogens with one attached hydrogen (secondary N) is 1. The monoisotopic (exact) mass is 454 g/mol. The lowest BCUT2D eigenvalue weighted by Gasteiger charge is -2.24. The summed E-state index contributed by atoms with van der Waals surface area (Å²) in [6.45, 7) is 0. The number of benzene rings is 2. The Morgan fingerprint density at radius 1 is 1.06 bits per heavy atom. The molecule has 2 aromatic heterocycles. The average Bonchev–Trinajstić information content (AvgIpc) is 3.47. The summed E-state index contributed by atoms with van der Waals surface area (Å²) in [6, 6.07) is 16.7. The predicted molar refractivity (Wildman–Crippen MR) is 129 cm³/mol. The second kappa shape index (κ2) is 8.13. The molecule has 0 saturated heterocycles. The fourth-order valence-electron chi connectivity index (χ4n) is 5.52. The third kappa shape index (κ3) is 3.37. The molecule has 2 aliphatic rings. The van der Waals surface area contributed by atoms with Crippen LogP contribution in [0.3, 0.4) is 0 Å². The van der Waals surface area contributed by atoms with Crippen molar-refractivity contribution in [2.75, 3.05) is 11.1 Å². The molecule has 0 amide bonds. The maximum Gasteiger partial charge on any atom is 0.306 e. The highest BCUT2D eigenvalue weighted by Gasteiger charge is 2.34. The number of nitrogens with zero attached hydrogens (tertiary/aromatic N) is 4. The van der Waals surface area contributed by atoms with E-state index in [1.165, 1.54) is 23.0 Å². The molecule has 0 bridgehead atoms. The number of nitrogen functional groups attached to an aromatic ring is 1. The molecule has 1 unspecified atom stereocenters. The van der Waals surface area contributed by atoms with Crippen LogP contribution in [0.1, 0.15) is 54.7 Å². The van der Waals surface area contributed by atoms with Crippen LogP contribution >= 0.6 is 0 Å². The van der Waals surface area contributed by atoms with Crippen molar-refractivity contribution in [1.29, 1.82) is 0 Å². The van der Waals surface area contributed by atoms with Crippen molar-refractivity contribution in [1.82, 2.24) is 19.6 Å². The summed E-state index contributed by atoms with van der Waals surface area (Å²) in [5.41, 5.74) is 12.6. The molecule has 1 fully saturated rings. The van der Waals surface area contributed by atoms with E-state index in [-0.39, 0.29) is 17.9 Å². The van der Waals surface area contributed by atoms with Crippen LogP contribution in [-0.4, -0.2) is 30.7 Å². The van der Waals surface area contributed by atoms with E-state index in [9.17, 15) is 9.90 Å². The van der Waals surface area contributed by atoms with E-state index in [1.54, 1.807) is 0 Å². The second-order valence-electron chi connectivity index (χ2n) is 9.25. The number of aromatic nitrogens is 4. The Morgan fingerprint density at radius 2 is 1.85 bits per heavy atom. The van der Waals surface area contributed by atoms with Gasteiger partial charge in [0, 0.05) is 23.6 Å². The number of carboxylic acid groups (broad SMARTS) is 1. The Morgan fingerprint density at radius 3 is 2.62 bits per heavy atom. The van der Waals surface area contributed by atoms with Gasteiger partial charge in [0.15, 0.2) is 5.82 Å². The lowest BCUT2D eigenvalue weighted by atomic mass is 9.82. The largest absolute Gasteiger partial charge is 0.481 e. The number of anilines is 2. The molecule has 1 saturated carbocycles. The van der Waals surface area contributed by atoms with Crippen molar-refractivity contribution in [2.45, 2.75) is 44.1 Å². The van der Waals surface area contributed by atoms with Gasteiger partial charge in [-0.15, -0.1) is 0 Å². The normalized spacial score (nSPS) is 21.8. The SMILES string of the molecule is Nc1ncnn2c1c(C1Cc3cccc(-c4ccccc4)c3N1)nc2[C@H]1CC[C@H](C(=O)O)CC1. The molecule has 1 aliphatic heterocycles. The molecular formula is C26H26N6O2. The number of nitrogens with two attached hydrogens (primary N) is 1. The van der Waals surface area contributed by atoms with Gasteiger partial charge >= 0.3 is 5.97 Å². The van der Waals surface area contributed by atoms with Gasteiger partial charge in [0.2, 0.25) is 0 Å². The third-order valence-electron chi connectivity index (χ3n) is 7.26. The van der Waals surface area contributed by atoms with Crippen LogP contribution in [0.4, 0.5) is 11.5 Å². The highest BCUT2D eigenvalue weighted by atomic mass is 16.4. The first-order valence-corrected chi connectivity index (χ1v) is 11.8. The topological polar surface area (TPSA) is 118 Å². The molecule has 2 aromatic carbocycles. The lowest BCUT2D eigenvalue weighted by Crippen LogP contribution is -2.21. The summed E-state index contributed by atoms with van der Waals surface area (Å²) in [7, 11) is 0. The molecule has 0 spiro atoms. The molecule has 1 aliphatic carbocycles. The first kappa shape index (κ1) is 20.7. The van der Waals surface area contributed by atoms with E-state index < -0.39 is 5.97 Å². The number of imidazole rings is 1. The summed E-state index contributed by atoms with van der Waals surface area (Å²) in [5, 5.41) is 17.6. The zero-order valence-electron chi connectivity index (χ0n) is 18.7. The van der Waals surface area contributed by atoms with Gasteiger partial charge in [0.05, 0.1) is 17.7 Å². The van der Waals surface area contributed by atoms with Crippen LogP contribution in [0.2, 0.25) is 0 Å². The Kier molecular flexibility index (Phi) is 4.94. The number of hydrogen-bond donors (Lipinski definition) is 3. The summed E-state index contributed by atoms with van der Waals surface area (Å²) in [6.07, 6.45) is 5.11. The first-order valence-electron chi connectivity index (χ1n) is 11.8. The van der Waals surface area contributed by atoms with E-state index in [0.29, 0.717) is 18.7 Å². The van der Waals surface area contributed by atoms with E-state index >= 15 is 0 Å². The first-order chi connectivity index (χ1) is 16.6. The van der Waals surface area contributed by atoms with E-state index in [2.05, 4.69) is 45.7 Å². The maximum atomic E-state index is 11.4. The summed E-state index contributed by atoms with van der Waals surface area (Å²) in [4.78, 5) is 20.7. The van der Waals surface area contributed by atoms with Crippen LogP contribution in [0.15, 0.2) is 54.9 Å². The molecule has 3 heterocycles. The number of hydrogen-bond acceptors (Lipinski definition) is 6. The summed E-state index contributed by atoms with van der Waals surface area (Å²) < 4.78 is 1.83. The van der Waals surface area contributed by atoms with Crippen LogP contribution in [0.5, 0.6) is 0 Å². The summed E-state index contributed by atoms with van der Waals surface area (Å²) >= 11 is 0. The molecule has 0 radical (unpaired) electrons. The molecule has 34 heavy (non-hydrogen) atoms. The number of aliphatic carboxylic acids is 1. The molecule has 172 valence electrons. The Balaban J connectivity index is 1.37. The van der Waals surface area contributed by atoms with Gasteiger partial charge in [-0.3, -0.25) is 4.79 Å². The van der Waals surface area contributed by atoms with Gasteiger partial charge < -0.3 is 16.2 Å². The van der Waals surface area contributed by atoms with Crippen molar-refractivity contribution in [3.05, 3.63) is 71.9 Å². The Hall–Kier alpha value is -3.94. The minimum absolute atomic E-state index is 0.0488. The fraction of sp³-hybridized carbons (Fsp3) is 0.308. The van der Waals surface area contributed by atoms with E-state index in [1.807, 2.05) is 22.7 Å². The smallest absolute Gasteiger partial charge is 0.306 e. The zero-order valence-corrected chi connectivity index (χ0v) is 18.7. The van der Waals surface area contributed by atoms with Gasteiger partial charge in [-0.25, -0.2) is 14.5 Å². The van der Waals surface area contributed by atoms with E-state index in [0.717, 1.165) is 42.0 Å². The highest BCUT2D eigenvalue weighted by Crippen LogP contribution is 2.43. The fourth-order valence-corrected chi connectivity index (χ4v) is 5.52. The van der Waals surface area contributed by atoms with Gasteiger partial charge in [-0.2, -0.15) is 5.10 Å². The molecule has 8 heteroatoms. The van der Waals surface area contributed by atoms with Crippen LogP contribution in [-0.2, 0) is 11.2 Å². The van der Waals surface area contributed by atoms with Gasteiger partial charge in [-0.05, 0) is 36.8 Å². The van der Waals surface area contributed by atoms with Crippen molar-refractivity contribution in [3.8, 4) is 11.1 Å². The number of carboxylic acids is 1. The van der Waals surface area contributed by atoms with Crippen LogP contribution < -0.4 is 11.1 Å².